The van der Waals surface area contributed by atoms with Crippen molar-refractivity contribution in [3.05, 3.63) is 78.9 Å². The average Bonchev–Trinajstić information content (AvgIpc) is 2.72. The summed E-state index contributed by atoms with van der Waals surface area (Å²) in [5.74, 6) is 1.32. The van der Waals surface area contributed by atoms with Crippen molar-refractivity contribution in [2.45, 2.75) is 13.3 Å². The van der Waals surface area contributed by atoms with E-state index in [2.05, 4.69) is 10.6 Å². The molecular weight excluding hydrogens is 368 g/mol. The minimum Gasteiger partial charge on any atom is -0.494 e. The number of carbonyl (C=O) groups excluding carboxylic acids is 2. The SMILES string of the molecule is CCOc1ccc(NC(=O)CC(=O)Nc2ccc(Oc3ccccc3)cc2)cc1. The quantitative estimate of drug-likeness (QED) is 0.539. The summed E-state index contributed by atoms with van der Waals surface area (Å²) in [6.45, 7) is 2.48. The van der Waals surface area contributed by atoms with Crippen molar-refractivity contribution in [1.29, 1.82) is 0 Å². The molecule has 0 atom stereocenters. The van der Waals surface area contributed by atoms with E-state index in [1.807, 2.05) is 37.3 Å². The second-order valence-corrected chi connectivity index (χ2v) is 6.17. The summed E-state index contributed by atoms with van der Waals surface area (Å²) in [4.78, 5) is 24.2. The highest BCUT2D eigenvalue weighted by Gasteiger charge is 2.10. The van der Waals surface area contributed by atoms with Crippen molar-refractivity contribution in [3.8, 4) is 17.2 Å². The van der Waals surface area contributed by atoms with Gasteiger partial charge in [0.25, 0.3) is 0 Å². The molecule has 3 rings (SSSR count). The molecular formula is C23H22N2O4. The molecule has 3 aromatic carbocycles. The summed E-state index contributed by atoms with van der Waals surface area (Å²) < 4.78 is 11.1. The highest BCUT2D eigenvalue weighted by atomic mass is 16.5. The first-order valence-electron chi connectivity index (χ1n) is 9.28. The predicted molar refractivity (Wildman–Crippen MR) is 112 cm³/mol. The predicted octanol–water partition coefficient (Wildman–Crippen LogP) is 4.84. The molecule has 0 aliphatic rings. The van der Waals surface area contributed by atoms with E-state index in [0.29, 0.717) is 23.7 Å². The number of anilines is 2. The summed E-state index contributed by atoms with van der Waals surface area (Å²) in [5, 5.41) is 5.39. The Morgan fingerprint density at radius 2 is 1.17 bits per heavy atom. The topological polar surface area (TPSA) is 76.7 Å². The van der Waals surface area contributed by atoms with Gasteiger partial charge in [0.2, 0.25) is 11.8 Å². The van der Waals surface area contributed by atoms with Gasteiger partial charge in [-0.15, -0.1) is 0 Å². The van der Waals surface area contributed by atoms with Crippen molar-refractivity contribution in [2.24, 2.45) is 0 Å². The Morgan fingerprint density at radius 3 is 1.69 bits per heavy atom. The summed E-state index contributed by atoms with van der Waals surface area (Å²) in [6, 6.07) is 23.3. The largest absolute Gasteiger partial charge is 0.494 e. The molecule has 0 unspecified atom stereocenters. The molecule has 0 saturated heterocycles. The van der Waals surface area contributed by atoms with Crippen LogP contribution < -0.4 is 20.1 Å². The van der Waals surface area contributed by atoms with Gasteiger partial charge in [-0.25, -0.2) is 0 Å². The number of carbonyl (C=O) groups is 2. The van der Waals surface area contributed by atoms with Gasteiger partial charge in [-0.3, -0.25) is 9.59 Å². The first kappa shape index (κ1) is 19.9. The lowest BCUT2D eigenvalue weighted by atomic mass is 10.2. The third kappa shape index (κ3) is 6.39. The zero-order chi connectivity index (χ0) is 20.5. The number of rotatable bonds is 8. The Morgan fingerprint density at radius 1 is 0.690 bits per heavy atom. The Balaban J connectivity index is 1.47. The number of amides is 2. The van der Waals surface area contributed by atoms with E-state index in [1.165, 1.54) is 0 Å². The number of hydrogen-bond donors (Lipinski definition) is 2. The number of nitrogens with one attached hydrogen (secondary N) is 2. The van der Waals surface area contributed by atoms with Crippen LogP contribution >= 0.6 is 0 Å². The molecule has 0 spiro atoms. The molecule has 3 aromatic rings. The summed E-state index contributed by atoms with van der Waals surface area (Å²) in [7, 11) is 0. The van der Waals surface area contributed by atoms with Crippen molar-refractivity contribution in [3.63, 3.8) is 0 Å². The van der Waals surface area contributed by atoms with Crippen molar-refractivity contribution in [2.75, 3.05) is 17.2 Å². The number of hydrogen-bond acceptors (Lipinski definition) is 4. The molecule has 0 fully saturated rings. The zero-order valence-electron chi connectivity index (χ0n) is 16.1. The van der Waals surface area contributed by atoms with Crippen molar-refractivity contribution >= 4 is 23.2 Å². The van der Waals surface area contributed by atoms with E-state index in [9.17, 15) is 9.59 Å². The lowest BCUT2D eigenvalue weighted by molar-refractivity contribution is -0.123. The van der Waals surface area contributed by atoms with Crippen molar-refractivity contribution < 1.29 is 19.1 Å². The normalized spacial score (nSPS) is 10.1. The molecule has 0 aliphatic carbocycles. The Kier molecular flexibility index (Phi) is 6.84. The summed E-state index contributed by atoms with van der Waals surface area (Å²) in [6.07, 6.45) is -0.282. The highest BCUT2D eigenvalue weighted by molar-refractivity contribution is 6.08. The third-order valence-corrected chi connectivity index (χ3v) is 3.89. The number of para-hydroxylation sites is 1. The van der Waals surface area contributed by atoms with Gasteiger partial charge in [0.05, 0.1) is 6.61 Å². The Labute approximate surface area is 169 Å². The molecule has 29 heavy (non-hydrogen) atoms. The van der Waals surface area contributed by atoms with Gasteiger partial charge in [-0.05, 0) is 67.6 Å². The molecule has 6 heteroatoms. The van der Waals surface area contributed by atoms with E-state index >= 15 is 0 Å². The maximum absolute atomic E-state index is 12.1. The molecule has 0 bridgehead atoms. The number of ether oxygens (including phenoxy) is 2. The van der Waals surface area contributed by atoms with E-state index in [0.717, 1.165) is 11.5 Å². The monoisotopic (exact) mass is 390 g/mol. The van der Waals surface area contributed by atoms with Gasteiger partial charge in [0.1, 0.15) is 23.7 Å². The minimum atomic E-state index is -0.398. The summed E-state index contributed by atoms with van der Waals surface area (Å²) in [5.41, 5.74) is 1.19. The lowest BCUT2D eigenvalue weighted by Crippen LogP contribution is -2.21. The standard InChI is InChI=1S/C23H22N2O4/c1-2-28-19-12-8-17(9-13-19)24-22(26)16-23(27)25-18-10-14-21(15-11-18)29-20-6-4-3-5-7-20/h3-15H,2,16H2,1H3,(H,24,26)(H,25,27). The smallest absolute Gasteiger partial charge is 0.233 e. The van der Waals surface area contributed by atoms with E-state index in [4.69, 9.17) is 9.47 Å². The van der Waals surface area contributed by atoms with Crippen LogP contribution in [0.4, 0.5) is 11.4 Å². The Bertz CT molecular complexity index is 939. The van der Waals surface area contributed by atoms with Crippen LogP contribution in [0, 0.1) is 0 Å². The first-order chi connectivity index (χ1) is 14.1. The van der Waals surface area contributed by atoms with Gasteiger partial charge < -0.3 is 20.1 Å². The van der Waals surface area contributed by atoms with Crippen LogP contribution in [0.2, 0.25) is 0 Å². The van der Waals surface area contributed by atoms with Gasteiger partial charge >= 0.3 is 0 Å². The molecule has 0 saturated carbocycles. The molecule has 0 aromatic heterocycles. The molecule has 2 N–H and O–H groups in total. The fourth-order valence-corrected chi connectivity index (χ4v) is 2.59. The van der Waals surface area contributed by atoms with Crippen LogP contribution in [0.15, 0.2) is 78.9 Å². The molecule has 6 nitrogen and oxygen atoms in total. The number of benzene rings is 3. The van der Waals surface area contributed by atoms with Crippen LogP contribution in [0.1, 0.15) is 13.3 Å². The van der Waals surface area contributed by atoms with Crippen LogP contribution in [-0.2, 0) is 9.59 Å². The highest BCUT2D eigenvalue weighted by Crippen LogP contribution is 2.22. The van der Waals surface area contributed by atoms with Crippen LogP contribution in [0.25, 0.3) is 0 Å². The second-order valence-electron chi connectivity index (χ2n) is 6.17. The fourth-order valence-electron chi connectivity index (χ4n) is 2.59. The van der Waals surface area contributed by atoms with Crippen molar-refractivity contribution in [1.82, 2.24) is 0 Å². The van der Waals surface area contributed by atoms with E-state index in [-0.39, 0.29) is 6.42 Å². The molecule has 0 radical (unpaired) electrons. The van der Waals surface area contributed by atoms with Gasteiger partial charge in [0.15, 0.2) is 0 Å². The maximum Gasteiger partial charge on any atom is 0.233 e. The van der Waals surface area contributed by atoms with E-state index < -0.39 is 11.8 Å². The molecule has 148 valence electrons. The Hall–Kier alpha value is -3.80. The third-order valence-electron chi connectivity index (χ3n) is 3.89. The summed E-state index contributed by atoms with van der Waals surface area (Å²) >= 11 is 0. The fraction of sp³-hybridized carbons (Fsp3) is 0.130. The zero-order valence-corrected chi connectivity index (χ0v) is 16.1. The average molecular weight is 390 g/mol. The molecule has 2 amide bonds. The maximum atomic E-state index is 12.1. The second kappa shape index (κ2) is 9.94. The van der Waals surface area contributed by atoms with Gasteiger partial charge in [-0.2, -0.15) is 0 Å². The van der Waals surface area contributed by atoms with Crippen LogP contribution in [0.5, 0.6) is 17.2 Å². The lowest BCUT2D eigenvalue weighted by Gasteiger charge is -2.09. The van der Waals surface area contributed by atoms with Gasteiger partial charge in [0, 0.05) is 11.4 Å². The molecule has 0 heterocycles. The van der Waals surface area contributed by atoms with Crippen LogP contribution in [0.3, 0.4) is 0 Å². The van der Waals surface area contributed by atoms with Gasteiger partial charge in [-0.1, -0.05) is 18.2 Å². The van der Waals surface area contributed by atoms with Crippen LogP contribution in [-0.4, -0.2) is 18.4 Å². The van der Waals surface area contributed by atoms with E-state index in [1.54, 1.807) is 48.5 Å². The minimum absolute atomic E-state index is 0.282. The first-order valence-corrected chi connectivity index (χ1v) is 9.28. The molecule has 0 aliphatic heterocycles.